The molecule has 0 bridgehead atoms. The molecule has 2 N–H and O–H groups in total. The molecule has 1 unspecified atom stereocenters. The molecule has 0 saturated carbocycles. The maximum Gasteiger partial charge on any atom is 0.287 e. The van der Waals surface area contributed by atoms with Crippen LogP contribution in [0.15, 0.2) is 48.5 Å². The van der Waals surface area contributed by atoms with E-state index in [1.165, 1.54) is 0 Å². The third kappa shape index (κ3) is 4.92. The van der Waals surface area contributed by atoms with Crippen LogP contribution in [-0.2, 0) is 9.59 Å². The Morgan fingerprint density at radius 2 is 1.73 bits per heavy atom. The molecule has 5 heteroatoms. The molecule has 5 nitrogen and oxygen atoms in total. The highest BCUT2D eigenvalue weighted by Crippen LogP contribution is 2.19. The molecule has 138 valence electrons. The zero-order chi connectivity index (χ0) is 19.3. The summed E-state index contributed by atoms with van der Waals surface area (Å²) >= 11 is 0. The number of anilines is 1. The maximum absolute atomic E-state index is 13.1. The number of quaternary nitrogens is 1. The molecule has 0 fully saturated rings. The van der Waals surface area contributed by atoms with Gasteiger partial charge in [-0.2, -0.15) is 0 Å². The Balaban J connectivity index is 2.29. The number of benzene rings is 2. The monoisotopic (exact) mass is 354 g/mol. The molecule has 26 heavy (non-hydrogen) atoms. The van der Waals surface area contributed by atoms with E-state index in [4.69, 9.17) is 0 Å². The number of carbonyl (C=O) groups excluding carboxylic acids is 2. The molecule has 2 amide bonds. The molecule has 0 saturated heterocycles. The lowest BCUT2D eigenvalue weighted by Gasteiger charge is -2.25. The molecule has 2 rings (SSSR count). The molecule has 2 aromatic carbocycles. The van der Waals surface area contributed by atoms with Crippen molar-refractivity contribution in [2.75, 3.05) is 33.0 Å². The summed E-state index contributed by atoms with van der Waals surface area (Å²) in [5.41, 5.74) is 3.80. The van der Waals surface area contributed by atoms with Gasteiger partial charge in [0.2, 0.25) is 0 Å². The molecule has 0 radical (unpaired) electrons. The van der Waals surface area contributed by atoms with Gasteiger partial charge >= 0.3 is 0 Å². The van der Waals surface area contributed by atoms with Crippen molar-refractivity contribution in [3.8, 4) is 0 Å². The topological polar surface area (TPSA) is 53.9 Å². The Labute approximate surface area is 155 Å². The number of aryl methyl sites for hydroxylation is 2. The third-order valence-corrected chi connectivity index (χ3v) is 4.47. The zero-order valence-electron chi connectivity index (χ0n) is 16.2. The minimum atomic E-state index is -0.472. The average molecular weight is 354 g/mol. The molecule has 0 spiro atoms. The quantitative estimate of drug-likeness (QED) is 0.828. The molecule has 0 aliphatic carbocycles. The van der Waals surface area contributed by atoms with Gasteiger partial charge < -0.3 is 15.1 Å². The van der Waals surface area contributed by atoms with E-state index in [2.05, 4.69) is 5.32 Å². The highest BCUT2D eigenvalue weighted by atomic mass is 16.2. The molecular weight excluding hydrogens is 326 g/mol. The summed E-state index contributed by atoms with van der Waals surface area (Å²) in [6.07, 6.45) is 0. The lowest BCUT2D eigenvalue weighted by molar-refractivity contribution is -0.894. The standard InChI is InChI=1S/C21H27N3O2/c1-15-11-12-16(2)18(13-15)22-21(26)20(17-9-7-6-8-10-17)24(5)14-19(25)23(3)4/h6-13,20H,14H2,1-5H3,(H,22,26)/p+1/t20-/m0/s1. The van der Waals surface area contributed by atoms with Crippen LogP contribution in [0.4, 0.5) is 5.69 Å². The number of likely N-dealkylation sites (N-methyl/N-ethyl adjacent to an activating group) is 2. The molecule has 2 atom stereocenters. The van der Waals surface area contributed by atoms with Crippen LogP contribution in [-0.4, -0.2) is 44.4 Å². The summed E-state index contributed by atoms with van der Waals surface area (Å²) in [7, 11) is 5.33. The zero-order valence-corrected chi connectivity index (χ0v) is 16.2. The van der Waals surface area contributed by atoms with Crippen LogP contribution in [0.1, 0.15) is 22.7 Å². The molecular formula is C21H28N3O2+. The lowest BCUT2D eigenvalue weighted by atomic mass is 10.0. The molecule has 2 aromatic rings. The normalized spacial score (nSPS) is 13.0. The van der Waals surface area contributed by atoms with Crippen LogP contribution in [0.3, 0.4) is 0 Å². The van der Waals surface area contributed by atoms with Gasteiger partial charge in [-0.15, -0.1) is 0 Å². The molecule has 0 aliphatic rings. The Bertz CT molecular complexity index is 772. The first kappa shape index (κ1) is 19.7. The van der Waals surface area contributed by atoms with Gasteiger partial charge in [-0.25, -0.2) is 0 Å². The third-order valence-electron chi connectivity index (χ3n) is 4.47. The average Bonchev–Trinajstić information content (AvgIpc) is 2.59. The van der Waals surface area contributed by atoms with Gasteiger partial charge in [-0.1, -0.05) is 42.5 Å². The number of rotatable bonds is 6. The summed E-state index contributed by atoms with van der Waals surface area (Å²) < 4.78 is 0. The highest BCUT2D eigenvalue weighted by molar-refractivity contribution is 5.95. The molecule has 0 aromatic heterocycles. The Hall–Kier alpha value is -2.66. The number of amides is 2. The first-order chi connectivity index (χ1) is 12.3. The Morgan fingerprint density at radius 3 is 2.35 bits per heavy atom. The van der Waals surface area contributed by atoms with E-state index >= 15 is 0 Å². The van der Waals surface area contributed by atoms with E-state index in [0.717, 1.165) is 27.3 Å². The number of nitrogens with zero attached hydrogens (tertiary/aromatic N) is 1. The van der Waals surface area contributed by atoms with Crippen molar-refractivity contribution in [2.24, 2.45) is 0 Å². The van der Waals surface area contributed by atoms with Gasteiger partial charge in [-0.3, -0.25) is 9.59 Å². The second-order valence-electron chi connectivity index (χ2n) is 6.96. The van der Waals surface area contributed by atoms with Gasteiger partial charge in [0.1, 0.15) is 0 Å². The fourth-order valence-electron chi connectivity index (χ4n) is 2.88. The summed E-state index contributed by atoms with van der Waals surface area (Å²) in [5, 5.41) is 3.05. The molecule has 0 heterocycles. The van der Waals surface area contributed by atoms with Crippen LogP contribution >= 0.6 is 0 Å². The van der Waals surface area contributed by atoms with Gasteiger partial charge in [0.05, 0.1) is 7.05 Å². The SMILES string of the molecule is Cc1ccc(C)c(NC(=O)[C@H](c2ccccc2)[NH+](C)CC(=O)N(C)C)c1. The smallest absolute Gasteiger partial charge is 0.287 e. The van der Waals surface area contributed by atoms with E-state index in [1.807, 2.05) is 69.4 Å². The number of hydrogen-bond acceptors (Lipinski definition) is 2. The van der Waals surface area contributed by atoms with Crippen LogP contribution in [0.25, 0.3) is 0 Å². The van der Waals surface area contributed by atoms with Gasteiger partial charge in [0, 0.05) is 25.3 Å². The van der Waals surface area contributed by atoms with Crippen molar-refractivity contribution in [1.29, 1.82) is 0 Å². The second kappa shape index (κ2) is 8.63. The van der Waals surface area contributed by atoms with E-state index < -0.39 is 6.04 Å². The predicted octanol–water partition coefficient (Wildman–Crippen LogP) is 1.59. The van der Waals surface area contributed by atoms with Crippen molar-refractivity contribution in [3.05, 3.63) is 65.2 Å². The summed E-state index contributed by atoms with van der Waals surface area (Å²) in [6.45, 7) is 4.21. The van der Waals surface area contributed by atoms with Crippen LogP contribution < -0.4 is 10.2 Å². The first-order valence-corrected chi connectivity index (χ1v) is 8.75. The van der Waals surface area contributed by atoms with E-state index in [1.54, 1.807) is 19.0 Å². The van der Waals surface area contributed by atoms with Gasteiger partial charge in [0.25, 0.3) is 11.8 Å². The van der Waals surface area contributed by atoms with Crippen molar-refractivity contribution in [2.45, 2.75) is 19.9 Å². The number of carbonyl (C=O) groups is 2. The fourth-order valence-corrected chi connectivity index (χ4v) is 2.88. The number of hydrogen-bond donors (Lipinski definition) is 2. The van der Waals surface area contributed by atoms with Gasteiger partial charge in [0.15, 0.2) is 12.6 Å². The van der Waals surface area contributed by atoms with Gasteiger partial charge in [-0.05, 0) is 31.0 Å². The minimum Gasteiger partial charge on any atom is -0.344 e. The van der Waals surface area contributed by atoms with Crippen molar-refractivity contribution in [1.82, 2.24) is 4.90 Å². The Kier molecular flexibility index (Phi) is 6.52. The molecule has 0 aliphatic heterocycles. The summed E-state index contributed by atoms with van der Waals surface area (Å²) in [5.74, 6) is -0.128. The van der Waals surface area contributed by atoms with Crippen molar-refractivity contribution in [3.63, 3.8) is 0 Å². The highest BCUT2D eigenvalue weighted by Gasteiger charge is 2.31. The van der Waals surface area contributed by atoms with E-state index in [-0.39, 0.29) is 18.4 Å². The first-order valence-electron chi connectivity index (χ1n) is 8.75. The van der Waals surface area contributed by atoms with E-state index in [0.29, 0.717) is 0 Å². The van der Waals surface area contributed by atoms with Crippen LogP contribution in [0, 0.1) is 13.8 Å². The van der Waals surface area contributed by atoms with Crippen molar-refractivity contribution >= 4 is 17.5 Å². The van der Waals surface area contributed by atoms with Crippen LogP contribution in [0.2, 0.25) is 0 Å². The predicted molar refractivity (Wildman–Crippen MR) is 104 cm³/mol. The number of nitrogens with one attached hydrogen (secondary N) is 2. The second-order valence-corrected chi connectivity index (χ2v) is 6.96. The summed E-state index contributed by atoms with van der Waals surface area (Å²) in [4.78, 5) is 27.6. The fraction of sp³-hybridized carbons (Fsp3) is 0.333. The maximum atomic E-state index is 13.1. The van der Waals surface area contributed by atoms with E-state index in [9.17, 15) is 9.59 Å². The van der Waals surface area contributed by atoms with Crippen LogP contribution in [0.5, 0.6) is 0 Å². The largest absolute Gasteiger partial charge is 0.344 e. The minimum absolute atomic E-state index is 0.0111. The Morgan fingerprint density at radius 1 is 1.08 bits per heavy atom. The summed E-state index contributed by atoms with van der Waals surface area (Å²) in [6, 6.07) is 15.1. The van der Waals surface area contributed by atoms with Crippen molar-refractivity contribution < 1.29 is 14.5 Å². The lowest BCUT2D eigenvalue weighted by Crippen LogP contribution is -3.11.